The van der Waals surface area contributed by atoms with Crippen LogP contribution < -0.4 is 0 Å². The van der Waals surface area contributed by atoms with Crippen molar-refractivity contribution in [3.8, 4) is 0 Å². The van der Waals surface area contributed by atoms with Crippen molar-refractivity contribution in [2.24, 2.45) is 40.4 Å². The zero-order valence-electron chi connectivity index (χ0n) is 17.8. The first-order chi connectivity index (χ1) is 13.2. The lowest BCUT2D eigenvalue weighted by Crippen LogP contribution is -2.54. The number of esters is 1. The van der Waals surface area contributed by atoms with Crippen molar-refractivity contribution in [2.45, 2.75) is 72.6 Å². The molecule has 28 heavy (non-hydrogen) atoms. The molecule has 4 rings (SSSR count). The van der Waals surface area contributed by atoms with E-state index in [1.165, 1.54) is 12.5 Å². The molecule has 0 saturated heterocycles. The minimum atomic E-state index is -0.268. The summed E-state index contributed by atoms with van der Waals surface area (Å²) in [6, 6.07) is 0. The SMILES string of the molecule is CC(=O)OC[C@H]1CC(=O)C=C2CC[C@@H]3[C@H]4CC[C@@H](C(C)=O)[C@]4(C)CC[C@H]3[C@@]21C. The standard InChI is InChI=1S/C24H34O4/c1-14(25)20-7-8-21-19-6-5-16-11-18(27)12-17(13-28-15(2)26)24(16,4)22(19)9-10-23(20,21)3/h11,17,19-22H,5-10,12-13H2,1-4H3/t17-,19-,20+,21-,22-,23+,24+/m1/s1. The molecule has 0 amide bonds. The van der Waals surface area contributed by atoms with Crippen LogP contribution in [0.1, 0.15) is 72.6 Å². The third kappa shape index (κ3) is 2.81. The van der Waals surface area contributed by atoms with Gasteiger partial charge in [-0.05, 0) is 80.1 Å². The summed E-state index contributed by atoms with van der Waals surface area (Å²) in [7, 11) is 0. The van der Waals surface area contributed by atoms with Gasteiger partial charge < -0.3 is 4.74 Å². The molecule has 0 spiro atoms. The fourth-order valence-electron chi connectivity index (χ4n) is 7.88. The first-order valence-electron chi connectivity index (χ1n) is 11.1. The molecule has 7 atom stereocenters. The van der Waals surface area contributed by atoms with Crippen molar-refractivity contribution in [3.05, 3.63) is 11.6 Å². The Morgan fingerprint density at radius 1 is 1.11 bits per heavy atom. The maximum atomic E-state index is 12.4. The molecular weight excluding hydrogens is 352 g/mol. The molecule has 0 bridgehead atoms. The minimum Gasteiger partial charge on any atom is -0.466 e. The summed E-state index contributed by atoms with van der Waals surface area (Å²) in [6.45, 7) is 8.25. The Balaban J connectivity index is 1.67. The van der Waals surface area contributed by atoms with Gasteiger partial charge in [0.2, 0.25) is 0 Å². The van der Waals surface area contributed by atoms with Crippen LogP contribution in [0.4, 0.5) is 0 Å². The Kier molecular flexibility index (Phi) is 4.83. The second-order valence-electron chi connectivity index (χ2n) is 10.3. The van der Waals surface area contributed by atoms with Gasteiger partial charge in [-0.1, -0.05) is 19.4 Å². The first-order valence-corrected chi connectivity index (χ1v) is 11.1. The number of allylic oxidation sites excluding steroid dienone is 1. The number of ether oxygens (including phenoxy) is 1. The fourth-order valence-corrected chi connectivity index (χ4v) is 7.88. The molecule has 4 heteroatoms. The molecule has 0 N–H and O–H groups in total. The number of fused-ring (bicyclic) bond motifs is 5. The Morgan fingerprint density at radius 3 is 2.54 bits per heavy atom. The first kappa shape index (κ1) is 19.8. The average Bonchev–Trinajstić information content (AvgIpc) is 2.97. The molecule has 3 fully saturated rings. The van der Waals surface area contributed by atoms with Crippen molar-refractivity contribution < 1.29 is 19.1 Å². The van der Waals surface area contributed by atoms with Crippen LogP contribution in [-0.4, -0.2) is 24.1 Å². The molecule has 3 saturated carbocycles. The molecule has 0 unspecified atom stereocenters. The van der Waals surface area contributed by atoms with Gasteiger partial charge in [-0.15, -0.1) is 0 Å². The Bertz CT molecular complexity index is 737. The zero-order valence-corrected chi connectivity index (χ0v) is 17.8. The molecule has 4 nitrogen and oxygen atoms in total. The molecule has 0 aromatic rings. The van der Waals surface area contributed by atoms with Gasteiger partial charge in [0.1, 0.15) is 5.78 Å². The summed E-state index contributed by atoms with van der Waals surface area (Å²) >= 11 is 0. The van der Waals surface area contributed by atoms with E-state index in [-0.39, 0.29) is 34.4 Å². The van der Waals surface area contributed by atoms with Gasteiger partial charge in [0.15, 0.2) is 5.78 Å². The van der Waals surface area contributed by atoms with E-state index in [0.717, 1.165) is 38.5 Å². The normalized spacial score (nSPS) is 44.8. The number of carbonyl (C=O) groups is 3. The Labute approximate surface area is 168 Å². The molecule has 0 radical (unpaired) electrons. The second-order valence-corrected chi connectivity index (χ2v) is 10.3. The summed E-state index contributed by atoms with van der Waals surface area (Å²) in [5.41, 5.74) is 1.36. The molecule has 0 heterocycles. The maximum Gasteiger partial charge on any atom is 0.302 e. The number of hydrogen-bond donors (Lipinski definition) is 0. The molecule has 4 aliphatic rings. The van der Waals surface area contributed by atoms with Crippen LogP contribution in [0, 0.1) is 40.4 Å². The van der Waals surface area contributed by atoms with Gasteiger partial charge in [-0.3, -0.25) is 14.4 Å². The minimum absolute atomic E-state index is 0.0675. The third-order valence-electron chi connectivity index (χ3n) is 9.26. The molecule has 0 aliphatic heterocycles. The molecule has 0 aromatic heterocycles. The summed E-state index contributed by atoms with van der Waals surface area (Å²) in [4.78, 5) is 36.1. The van der Waals surface area contributed by atoms with E-state index >= 15 is 0 Å². The quantitative estimate of drug-likeness (QED) is 0.670. The van der Waals surface area contributed by atoms with Crippen LogP contribution >= 0.6 is 0 Å². The molecular formula is C24H34O4. The van der Waals surface area contributed by atoms with Crippen LogP contribution in [0.2, 0.25) is 0 Å². The number of Topliss-reactive ketones (excluding diaryl/α,β-unsaturated/α-hetero) is 1. The summed E-state index contributed by atoms with van der Waals surface area (Å²) in [6.07, 6.45) is 8.89. The summed E-state index contributed by atoms with van der Waals surface area (Å²) in [5.74, 6) is 2.30. The Hall–Kier alpha value is -1.45. The molecule has 154 valence electrons. The highest BCUT2D eigenvalue weighted by molar-refractivity contribution is 5.92. The zero-order chi connectivity index (χ0) is 20.3. The molecule has 4 aliphatic carbocycles. The topological polar surface area (TPSA) is 60.4 Å². The van der Waals surface area contributed by atoms with Crippen molar-refractivity contribution >= 4 is 17.5 Å². The predicted octanol–water partition coefficient (Wildman–Crippen LogP) is 4.51. The maximum absolute atomic E-state index is 12.4. The van der Waals surface area contributed by atoms with Crippen LogP contribution in [0.15, 0.2) is 11.6 Å². The van der Waals surface area contributed by atoms with E-state index in [2.05, 4.69) is 13.8 Å². The van der Waals surface area contributed by atoms with Gasteiger partial charge in [0.25, 0.3) is 0 Å². The summed E-state index contributed by atoms with van der Waals surface area (Å²) in [5, 5.41) is 0. The second kappa shape index (κ2) is 6.81. The number of carbonyl (C=O) groups excluding carboxylic acids is 3. The van der Waals surface area contributed by atoms with E-state index in [9.17, 15) is 14.4 Å². The Morgan fingerprint density at radius 2 is 1.86 bits per heavy atom. The predicted molar refractivity (Wildman–Crippen MR) is 106 cm³/mol. The number of rotatable bonds is 3. The highest BCUT2D eigenvalue weighted by atomic mass is 16.5. The van der Waals surface area contributed by atoms with Crippen LogP contribution in [0.3, 0.4) is 0 Å². The van der Waals surface area contributed by atoms with E-state index in [0.29, 0.717) is 36.6 Å². The van der Waals surface area contributed by atoms with Crippen molar-refractivity contribution in [1.82, 2.24) is 0 Å². The smallest absolute Gasteiger partial charge is 0.302 e. The van der Waals surface area contributed by atoms with Gasteiger partial charge >= 0.3 is 5.97 Å². The summed E-state index contributed by atoms with van der Waals surface area (Å²) < 4.78 is 5.42. The van der Waals surface area contributed by atoms with Gasteiger partial charge in [0, 0.05) is 25.2 Å². The van der Waals surface area contributed by atoms with Crippen LogP contribution in [-0.2, 0) is 19.1 Å². The van der Waals surface area contributed by atoms with Crippen molar-refractivity contribution in [1.29, 1.82) is 0 Å². The van der Waals surface area contributed by atoms with E-state index in [1.54, 1.807) is 6.92 Å². The highest BCUT2D eigenvalue weighted by Crippen LogP contribution is 2.67. The van der Waals surface area contributed by atoms with Gasteiger partial charge in [-0.25, -0.2) is 0 Å². The lowest BCUT2D eigenvalue weighted by atomic mass is 9.44. The van der Waals surface area contributed by atoms with E-state index < -0.39 is 0 Å². The monoisotopic (exact) mass is 386 g/mol. The van der Waals surface area contributed by atoms with Crippen LogP contribution in [0.25, 0.3) is 0 Å². The number of ketones is 2. The van der Waals surface area contributed by atoms with Crippen LogP contribution in [0.5, 0.6) is 0 Å². The van der Waals surface area contributed by atoms with E-state index in [1.807, 2.05) is 6.08 Å². The largest absolute Gasteiger partial charge is 0.466 e. The lowest BCUT2D eigenvalue weighted by Gasteiger charge is -2.60. The highest BCUT2D eigenvalue weighted by Gasteiger charge is 2.61. The molecule has 0 aromatic carbocycles. The van der Waals surface area contributed by atoms with Gasteiger partial charge in [-0.2, -0.15) is 0 Å². The fraction of sp³-hybridized carbons (Fsp3) is 0.792. The van der Waals surface area contributed by atoms with Gasteiger partial charge in [0.05, 0.1) is 6.61 Å². The average molecular weight is 387 g/mol. The third-order valence-corrected chi connectivity index (χ3v) is 9.26. The lowest BCUT2D eigenvalue weighted by molar-refractivity contribution is -0.148. The number of hydrogen-bond acceptors (Lipinski definition) is 4. The van der Waals surface area contributed by atoms with Crippen molar-refractivity contribution in [3.63, 3.8) is 0 Å². The van der Waals surface area contributed by atoms with Crippen molar-refractivity contribution in [2.75, 3.05) is 6.61 Å². The van der Waals surface area contributed by atoms with E-state index in [4.69, 9.17) is 4.74 Å².